The van der Waals surface area contributed by atoms with Gasteiger partial charge >= 0.3 is 12.2 Å². The van der Waals surface area contributed by atoms with Gasteiger partial charge in [-0.3, -0.25) is 10.4 Å². The van der Waals surface area contributed by atoms with E-state index in [-0.39, 0.29) is 37.5 Å². The highest BCUT2D eigenvalue weighted by molar-refractivity contribution is 5.98. The molecule has 6 nitrogen and oxygen atoms in total. The van der Waals surface area contributed by atoms with E-state index < -0.39 is 17.3 Å². The Morgan fingerprint density at radius 1 is 1.20 bits per heavy atom. The molecule has 158 valence electrons. The van der Waals surface area contributed by atoms with Crippen molar-refractivity contribution >= 4 is 22.8 Å². The van der Waals surface area contributed by atoms with Crippen LogP contribution in [-0.4, -0.2) is 39.3 Å². The van der Waals surface area contributed by atoms with Gasteiger partial charge in [-0.1, -0.05) is 18.2 Å². The number of piperidine rings is 1. The molecule has 0 radical (unpaired) electrons. The number of H-pyrrole nitrogens is 1. The van der Waals surface area contributed by atoms with Crippen molar-refractivity contribution in [3.8, 4) is 0 Å². The van der Waals surface area contributed by atoms with Crippen LogP contribution in [0.4, 0.5) is 23.8 Å². The van der Waals surface area contributed by atoms with Crippen LogP contribution in [0.15, 0.2) is 42.5 Å². The third-order valence-electron chi connectivity index (χ3n) is 5.64. The molecule has 1 saturated heterocycles. The monoisotopic (exact) mass is 418 g/mol. The van der Waals surface area contributed by atoms with E-state index in [4.69, 9.17) is 0 Å². The smallest absolute Gasteiger partial charge is 0.385 e. The number of nitrogens with zero attached hydrogens (tertiary/aromatic N) is 2. The Kier molecular flexibility index (Phi) is 4.93. The number of aromatic nitrogens is 2. The molecular weight excluding hydrogens is 397 g/mol. The second-order valence-corrected chi connectivity index (χ2v) is 7.59. The summed E-state index contributed by atoms with van der Waals surface area (Å²) in [7, 11) is 0. The number of amides is 2. The van der Waals surface area contributed by atoms with Gasteiger partial charge in [0.25, 0.3) is 0 Å². The third-order valence-corrected chi connectivity index (χ3v) is 5.64. The molecule has 0 saturated carbocycles. The fourth-order valence-electron chi connectivity index (χ4n) is 3.89. The number of aliphatic hydroxyl groups is 1. The van der Waals surface area contributed by atoms with Crippen molar-refractivity contribution < 1.29 is 23.1 Å². The Morgan fingerprint density at radius 2 is 1.90 bits per heavy atom. The average Bonchev–Trinajstić information content (AvgIpc) is 3.11. The number of fused-ring (bicyclic) bond motifs is 1. The van der Waals surface area contributed by atoms with Crippen LogP contribution in [0.25, 0.3) is 10.9 Å². The molecule has 1 fully saturated rings. The molecule has 3 N–H and O–H groups in total. The van der Waals surface area contributed by atoms with E-state index >= 15 is 0 Å². The molecule has 2 amide bonds. The number of carbonyl (C=O) groups excluding carboxylic acids is 1. The number of likely N-dealkylation sites (tertiary alicyclic amines) is 1. The molecule has 1 aromatic heterocycles. The Bertz CT molecular complexity index is 1090. The number of alkyl halides is 3. The number of nitrogens with one attached hydrogen (secondary N) is 2. The molecule has 1 aliphatic rings. The number of halogens is 3. The van der Waals surface area contributed by atoms with Crippen LogP contribution in [0, 0.1) is 6.92 Å². The van der Waals surface area contributed by atoms with Gasteiger partial charge in [0.2, 0.25) is 0 Å². The zero-order chi connectivity index (χ0) is 21.5. The van der Waals surface area contributed by atoms with Crippen LogP contribution in [0.5, 0.6) is 0 Å². The van der Waals surface area contributed by atoms with Crippen LogP contribution in [0.1, 0.15) is 29.5 Å². The van der Waals surface area contributed by atoms with Crippen molar-refractivity contribution in [2.24, 2.45) is 0 Å². The quantitative estimate of drug-likeness (QED) is 0.577. The Balaban J connectivity index is 1.47. The predicted octanol–water partition coefficient (Wildman–Crippen LogP) is 4.41. The maximum absolute atomic E-state index is 13.1. The van der Waals surface area contributed by atoms with Gasteiger partial charge in [-0.05, 0) is 55.2 Å². The molecule has 4 rings (SSSR count). The first-order chi connectivity index (χ1) is 14.2. The molecular formula is C21H21F3N4O2. The number of carbonyl (C=O) groups is 1. The summed E-state index contributed by atoms with van der Waals surface area (Å²) in [6, 6.07) is 10.4. The van der Waals surface area contributed by atoms with E-state index in [9.17, 15) is 23.1 Å². The molecule has 9 heteroatoms. The minimum Gasteiger partial charge on any atom is -0.385 e. The Hall–Kier alpha value is -3.07. The summed E-state index contributed by atoms with van der Waals surface area (Å²) in [6.07, 6.45) is -4.19. The summed E-state index contributed by atoms with van der Waals surface area (Å²) >= 11 is 0. The maximum atomic E-state index is 13.1. The van der Waals surface area contributed by atoms with Crippen molar-refractivity contribution in [1.29, 1.82) is 0 Å². The van der Waals surface area contributed by atoms with Gasteiger partial charge in [0.1, 0.15) is 0 Å². The second-order valence-electron chi connectivity index (χ2n) is 7.59. The number of hydrogen-bond acceptors (Lipinski definition) is 3. The largest absolute Gasteiger partial charge is 0.416 e. The standard InChI is InChI=1S/C21H21F3N4O2/c1-13-6-7-14(21(22,23)24)12-16(13)20(30)8-10-28(11-9-20)19(29)25-18-15-4-2-3-5-17(15)26-27-18/h2-7,12,30H,8-11H2,1H3,(H2,25,26,27,29). The molecule has 30 heavy (non-hydrogen) atoms. The summed E-state index contributed by atoms with van der Waals surface area (Å²) in [5.74, 6) is 0.408. The third kappa shape index (κ3) is 3.72. The second kappa shape index (κ2) is 7.32. The highest BCUT2D eigenvalue weighted by atomic mass is 19.4. The fourth-order valence-corrected chi connectivity index (χ4v) is 3.89. The highest BCUT2D eigenvalue weighted by Gasteiger charge is 2.39. The molecule has 2 aromatic carbocycles. The van der Waals surface area contributed by atoms with Crippen molar-refractivity contribution in [3.63, 3.8) is 0 Å². The molecule has 0 aliphatic carbocycles. The molecule has 1 aliphatic heterocycles. The molecule has 3 aromatic rings. The molecule has 0 unspecified atom stereocenters. The van der Waals surface area contributed by atoms with Crippen LogP contribution in [0.3, 0.4) is 0 Å². The Morgan fingerprint density at radius 3 is 2.60 bits per heavy atom. The normalized spacial score (nSPS) is 16.6. The molecule has 0 bridgehead atoms. The van der Waals surface area contributed by atoms with Crippen LogP contribution in [0.2, 0.25) is 0 Å². The summed E-state index contributed by atoms with van der Waals surface area (Å²) in [5.41, 5.74) is -0.564. The average molecular weight is 418 g/mol. The number of rotatable bonds is 2. The number of para-hydroxylation sites is 1. The lowest BCUT2D eigenvalue weighted by molar-refractivity contribution is -0.137. The first-order valence-corrected chi connectivity index (χ1v) is 9.57. The van der Waals surface area contributed by atoms with Crippen LogP contribution < -0.4 is 5.32 Å². The van der Waals surface area contributed by atoms with E-state index in [2.05, 4.69) is 15.5 Å². The fraction of sp³-hybridized carbons (Fsp3) is 0.333. The van der Waals surface area contributed by atoms with E-state index in [1.54, 1.807) is 6.92 Å². The number of urea groups is 1. The summed E-state index contributed by atoms with van der Waals surface area (Å²) < 4.78 is 39.3. The zero-order valence-corrected chi connectivity index (χ0v) is 16.3. The lowest BCUT2D eigenvalue weighted by Gasteiger charge is -2.39. The highest BCUT2D eigenvalue weighted by Crippen LogP contribution is 2.38. The SMILES string of the molecule is Cc1ccc(C(F)(F)F)cc1C1(O)CCN(C(=O)Nc2n[nH]c3ccccc23)CC1. The minimum atomic E-state index is -4.48. The van der Waals surface area contributed by atoms with Crippen molar-refractivity contribution in [1.82, 2.24) is 15.1 Å². The summed E-state index contributed by atoms with van der Waals surface area (Å²) in [6.45, 7) is 2.09. The number of hydrogen-bond donors (Lipinski definition) is 3. The lowest BCUT2D eigenvalue weighted by Crippen LogP contribution is -2.47. The van der Waals surface area contributed by atoms with E-state index in [1.165, 1.54) is 11.0 Å². The van der Waals surface area contributed by atoms with Crippen molar-refractivity contribution in [2.75, 3.05) is 18.4 Å². The summed E-state index contributed by atoms with van der Waals surface area (Å²) in [4.78, 5) is 14.2. The molecule has 2 heterocycles. The van der Waals surface area contributed by atoms with Gasteiger partial charge in [0, 0.05) is 18.5 Å². The zero-order valence-electron chi connectivity index (χ0n) is 16.3. The number of anilines is 1. The molecule has 0 atom stereocenters. The van der Waals surface area contributed by atoms with Crippen molar-refractivity contribution in [2.45, 2.75) is 31.5 Å². The van der Waals surface area contributed by atoms with Gasteiger partial charge in [0.05, 0.1) is 16.7 Å². The number of aryl methyl sites for hydroxylation is 1. The molecule has 0 spiro atoms. The van der Waals surface area contributed by atoms with Gasteiger partial charge in [-0.25, -0.2) is 4.79 Å². The van der Waals surface area contributed by atoms with Gasteiger partial charge in [-0.15, -0.1) is 0 Å². The Labute approximate surface area is 170 Å². The van der Waals surface area contributed by atoms with E-state index in [0.717, 1.165) is 23.0 Å². The topological polar surface area (TPSA) is 81.2 Å². The first kappa shape index (κ1) is 20.2. The predicted molar refractivity (Wildman–Crippen MR) is 106 cm³/mol. The summed E-state index contributed by atoms with van der Waals surface area (Å²) in [5, 5.41) is 21.6. The van der Waals surface area contributed by atoms with Crippen LogP contribution >= 0.6 is 0 Å². The first-order valence-electron chi connectivity index (χ1n) is 9.57. The van der Waals surface area contributed by atoms with Gasteiger partial charge in [-0.2, -0.15) is 18.3 Å². The van der Waals surface area contributed by atoms with Gasteiger partial charge < -0.3 is 10.0 Å². The van der Waals surface area contributed by atoms with E-state index in [1.807, 2.05) is 24.3 Å². The lowest BCUT2D eigenvalue weighted by atomic mass is 9.81. The minimum absolute atomic E-state index is 0.143. The maximum Gasteiger partial charge on any atom is 0.416 e. The van der Waals surface area contributed by atoms with E-state index in [0.29, 0.717) is 11.4 Å². The van der Waals surface area contributed by atoms with Crippen molar-refractivity contribution in [3.05, 3.63) is 59.2 Å². The number of aromatic amines is 1. The number of benzene rings is 2. The van der Waals surface area contributed by atoms with Gasteiger partial charge in [0.15, 0.2) is 5.82 Å². The van der Waals surface area contributed by atoms with Crippen LogP contribution in [-0.2, 0) is 11.8 Å².